The molecule has 2 aromatic carbocycles. The highest BCUT2D eigenvalue weighted by atomic mass is 16.4. The molecule has 0 spiro atoms. The van der Waals surface area contributed by atoms with Crippen LogP contribution in [-0.4, -0.2) is 46.5 Å². The van der Waals surface area contributed by atoms with E-state index in [1.54, 1.807) is 30.3 Å². The van der Waals surface area contributed by atoms with Gasteiger partial charge in [0.25, 0.3) is 0 Å². The van der Waals surface area contributed by atoms with Crippen LogP contribution in [0, 0.1) is 24.2 Å². The number of ketones is 2. The minimum atomic E-state index is -1.12. The number of primary amides is 1. The summed E-state index contributed by atoms with van der Waals surface area (Å²) in [5.74, 6) is -3.73. The van der Waals surface area contributed by atoms with Crippen molar-refractivity contribution in [3.8, 4) is 0 Å². The van der Waals surface area contributed by atoms with Crippen LogP contribution in [0.1, 0.15) is 69.9 Å². The molecule has 11 nitrogen and oxygen atoms in total. The number of hydrogen-bond acceptors (Lipinski definition) is 6. The predicted octanol–water partition coefficient (Wildman–Crippen LogP) is 4.38. The van der Waals surface area contributed by atoms with E-state index in [9.17, 15) is 28.8 Å². The number of amides is 4. The molecule has 1 unspecified atom stereocenters. The number of para-hydroxylation sites is 1. The van der Waals surface area contributed by atoms with E-state index >= 15 is 0 Å². The lowest BCUT2D eigenvalue weighted by atomic mass is 9.85. The highest BCUT2D eigenvalue weighted by Gasteiger charge is 2.50. The summed E-state index contributed by atoms with van der Waals surface area (Å²) in [6.45, 7) is 5.64. The quantitative estimate of drug-likeness (QED) is 0.177. The van der Waals surface area contributed by atoms with Gasteiger partial charge in [-0.3, -0.25) is 24.0 Å². The predicted molar refractivity (Wildman–Crippen MR) is 166 cm³/mol. The van der Waals surface area contributed by atoms with Crippen LogP contribution in [0.25, 0.3) is 0 Å². The number of anilines is 2. The number of nitrogens with two attached hydrogens (primary N) is 1. The minimum absolute atomic E-state index is 0.0647. The van der Waals surface area contributed by atoms with Crippen molar-refractivity contribution >= 4 is 46.8 Å². The van der Waals surface area contributed by atoms with Crippen LogP contribution in [-0.2, 0) is 30.4 Å². The van der Waals surface area contributed by atoms with Crippen molar-refractivity contribution in [2.24, 2.45) is 23.0 Å². The van der Waals surface area contributed by atoms with Gasteiger partial charge in [-0.1, -0.05) is 50.6 Å². The molecule has 44 heavy (non-hydrogen) atoms. The lowest BCUT2D eigenvalue weighted by Gasteiger charge is -2.26. The van der Waals surface area contributed by atoms with Crippen LogP contribution in [0.2, 0.25) is 0 Å². The van der Waals surface area contributed by atoms with E-state index in [0.717, 1.165) is 5.56 Å². The number of hydrogen-bond donors (Lipinski definition) is 5. The van der Waals surface area contributed by atoms with Crippen LogP contribution >= 0.6 is 0 Å². The van der Waals surface area contributed by atoms with Crippen molar-refractivity contribution in [1.82, 2.24) is 5.32 Å². The maximum absolute atomic E-state index is 13.4. The average Bonchev–Trinajstić information content (AvgIpc) is 3.76. The fourth-order valence-electron chi connectivity index (χ4n) is 5.06. The number of carbonyl (C=O) groups excluding carboxylic acids is 5. The Labute approximate surface area is 257 Å². The number of carboxylic acids is 1. The van der Waals surface area contributed by atoms with Gasteiger partial charge in [-0.25, -0.2) is 4.79 Å². The maximum Gasteiger partial charge on any atom is 0.323 e. The molecule has 3 atom stereocenters. The zero-order valence-corrected chi connectivity index (χ0v) is 25.5. The molecule has 1 aliphatic rings. The maximum atomic E-state index is 13.4. The third kappa shape index (κ3) is 9.75. The Morgan fingerprint density at radius 3 is 2.20 bits per heavy atom. The molecule has 0 aliphatic heterocycles. The standard InChI is InChI=1S/C33H42N4O7/c1-4-20(2)25(30(42)36-27(13-14-29(40)41)28(39)19-33(15-16-33)31(34)43)18-24(38)17-22-9-11-23(12-10-22)35-32(44)37-26-8-6-5-7-21(26)3/h5-12,20,25,27H,4,13-19H2,1-3H3,(H2,34,43)(H,36,42)(H,40,41)(H2,35,37,44)/t20?,25-,27-/m0/s1. The third-order valence-corrected chi connectivity index (χ3v) is 8.36. The topological polar surface area (TPSA) is 185 Å². The summed E-state index contributed by atoms with van der Waals surface area (Å²) in [6, 6.07) is 12.8. The van der Waals surface area contributed by atoms with Crippen LogP contribution in [0.5, 0.6) is 0 Å². The molecule has 3 rings (SSSR count). The Morgan fingerprint density at radius 1 is 0.977 bits per heavy atom. The second kappa shape index (κ2) is 15.3. The van der Waals surface area contributed by atoms with E-state index in [1.807, 2.05) is 39.0 Å². The van der Waals surface area contributed by atoms with E-state index in [4.69, 9.17) is 10.8 Å². The Bertz CT molecular complexity index is 1380. The number of urea groups is 1. The van der Waals surface area contributed by atoms with Gasteiger partial charge >= 0.3 is 12.0 Å². The van der Waals surface area contributed by atoms with Crippen molar-refractivity contribution in [1.29, 1.82) is 0 Å². The summed E-state index contributed by atoms with van der Waals surface area (Å²) < 4.78 is 0. The van der Waals surface area contributed by atoms with Crippen molar-refractivity contribution in [2.75, 3.05) is 10.6 Å². The Kier molecular flexibility index (Phi) is 11.8. The highest BCUT2D eigenvalue weighted by Crippen LogP contribution is 2.48. The molecular formula is C33H42N4O7. The molecule has 4 amide bonds. The van der Waals surface area contributed by atoms with Crippen molar-refractivity contribution in [3.63, 3.8) is 0 Å². The fraction of sp³-hybridized carbons (Fsp3) is 0.455. The molecule has 1 aliphatic carbocycles. The first-order chi connectivity index (χ1) is 20.8. The summed E-state index contributed by atoms with van der Waals surface area (Å²) in [5, 5.41) is 17.4. The number of nitrogens with one attached hydrogen (secondary N) is 3. The molecule has 6 N–H and O–H groups in total. The van der Waals surface area contributed by atoms with E-state index in [1.165, 1.54) is 0 Å². The van der Waals surface area contributed by atoms with Gasteiger partial charge in [0, 0.05) is 43.0 Å². The zero-order valence-electron chi connectivity index (χ0n) is 25.5. The summed E-state index contributed by atoms with van der Waals surface area (Å²) >= 11 is 0. The average molecular weight is 607 g/mol. The number of aryl methyl sites for hydroxylation is 1. The van der Waals surface area contributed by atoms with E-state index in [-0.39, 0.29) is 43.8 Å². The second-order valence-corrected chi connectivity index (χ2v) is 11.8. The highest BCUT2D eigenvalue weighted by molar-refractivity contribution is 6.00. The molecule has 0 saturated heterocycles. The van der Waals surface area contributed by atoms with Gasteiger partial charge in [-0.2, -0.15) is 0 Å². The summed E-state index contributed by atoms with van der Waals surface area (Å²) in [4.78, 5) is 75.0. The molecule has 1 fully saturated rings. The van der Waals surface area contributed by atoms with Gasteiger partial charge in [-0.15, -0.1) is 0 Å². The van der Waals surface area contributed by atoms with E-state index < -0.39 is 47.0 Å². The largest absolute Gasteiger partial charge is 0.481 e. The Hall–Kier alpha value is -4.54. The lowest BCUT2D eigenvalue weighted by Crippen LogP contribution is -2.46. The van der Waals surface area contributed by atoms with Gasteiger partial charge < -0.3 is 26.8 Å². The molecule has 0 radical (unpaired) electrons. The van der Waals surface area contributed by atoms with Crippen LogP contribution in [0.4, 0.5) is 16.2 Å². The van der Waals surface area contributed by atoms with Gasteiger partial charge in [0.15, 0.2) is 5.78 Å². The molecule has 1 saturated carbocycles. The lowest BCUT2D eigenvalue weighted by molar-refractivity contribution is -0.138. The summed E-state index contributed by atoms with van der Waals surface area (Å²) in [6.07, 6.45) is 0.950. The zero-order chi connectivity index (χ0) is 32.4. The first-order valence-corrected chi connectivity index (χ1v) is 14.9. The first-order valence-electron chi connectivity index (χ1n) is 14.9. The molecule has 11 heteroatoms. The smallest absolute Gasteiger partial charge is 0.323 e. The third-order valence-electron chi connectivity index (χ3n) is 8.36. The summed E-state index contributed by atoms with van der Waals surface area (Å²) in [7, 11) is 0. The van der Waals surface area contributed by atoms with E-state index in [2.05, 4.69) is 16.0 Å². The number of aliphatic carboxylic acids is 1. The van der Waals surface area contributed by atoms with Gasteiger partial charge in [0.2, 0.25) is 11.8 Å². The van der Waals surface area contributed by atoms with E-state index in [0.29, 0.717) is 36.2 Å². The fourth-order valence-corrected chi connectivity index (χ4v) is 5.06. The molecule has 0 aromatic heterocycles. The van der Waals surface area contributed by atoms with Gasteiger partial charge in [0.1, 0.15) is 5.78 Å². The number of carboxylic acid groups (broad SMARTS) is 1. The molecule has 2 aromatic rings. The number of rotatable bonds is 17. The van der Waals surface area contributed by atoms with Crippen molar-refractivity contribution < 1.29 is 33.9 Å². The Balaban J connectivity index is 1.61. The SMILES string of the molecule is CCC(C)[C@H](CC(=O)Cc1ccc(NC(=O)Nc2ccccc2C)cc1)C(=O)N[C@@H](CCC(=O)O)C(=O)CC1(C(N)=O)CC1. The molecular weight excluding hydrogens is 564 g/mol. The van der Waals surface area contributed by atoms with Gasteiger partial charge in [0.05, 0.1) is 11.5 Å². The Morgan fingerprint density at radius 2 is 1.64 bits per heavy atom. The number of benzene rings is 2. The number of Topliss-reactive ketones (excluding diaryl/α,β-unsaturated/α-hetero) is 2. The molecule has 0 heterocycles. The van der Waals surface area contributed by atoms with Gasteiger partial charge in [-0.05, 0) is 61.4 Å². The monoisotopic (exact) mass is 606 g/mol. The summed E-state index contributed by atoms with van der Waals surface area (Å²) in [5.41, 5.74) is 7.41. The minimum Gasteiger partial charge on any atom is -0.481 e. The number of carbonyl (C=O) groups is 6. The first kappa shape index (κ1) is 34.0. The van der Waals surface area contributed by atoms with Crippen LogP contribution in [0.15, 0.2) is 48.5 Å². The van der Waals surface area contributed by atoms with Crippen molar-refractivity contribution in [2.45, 2.75) is 78.2 Å². The molecule has 0 bridgehead atoms. The second-order valence-electron chi connectivity index (χ2n) is 11.8. The van der Waals surface area contributed by atoms with Crippen molar-refractivity contribution in [3.05, 3.63) is 59.7 Å². The van der Waals surface area contributed by atoms with Crippen LogP contribution < -0.4 is 21.7 Å². The van der Waals surface area contributed by atoms with Crippen LogP contribution in [0.3, 0.4) is 0 Å². The normalized spacial score (nSPS) is 15.2. The molecule has 236 valence electrons.